The zero-order valence-corrected chi connectivity index (χ0v) is 11.1. The fourth-order valence-corrected chi connectivity index (χ4v) is 1.91. The van der Waals surface area contributed by atoms with E-state index in [4.69, 9.17) is 4.52 Å². The van der Waals surface area contributed by atoms with Gasteiger partial charge in [0.2, 0.25) is 5.82 Å². The Labute approximate surface area is 119 Å². The molecule has 0 radical (unpaired) electrons. The largest absolute Gasteiger partial charge is 0.334 e. The molecule has 0 aliphatic rings. The van der Waals surface area contributed by atoms with Crippen molar-refractivity contribution in [1.29, 1.82) is 0 Å². The molecule has 7 heteroatoms. The van der Waals surface area contributed by atoms with Gasteiger partial charge in [-0.25, -0.2) is 0 Å². The first kappa shape index (κ1) is 12.9. The minimum absolute atomic E-state index is 0.0266. The van der Waals surface area contributed by atoms with Gasteiger partial charge in [0, 0.05) is 23.9 Å². The highest BCUT2D eigenvalue weighted by Crippen LogP contribution is 2.25. The maximum absolute atomic E-state index is 10.8. The minimum Gasteiger partial charge on any atom is -0.334 e. The molecule has 3 rings (SSSR count). The van der Waals surface area contributed by atoms with Gasteiger partial charge in [0.15, 0.2) is 0 Å². The number of nitrogens with zero attached hydrogens (tertiary/aromatic N) is 4. The maximum Gasteiger partial charge on any atom is 0.270 e. The predicted molar refractivity (Wildman–Crippen MR) is 74.4 cm³/mol. The van der Waals surface area contributed by atoms with Crippen molar-refractivity contribution >= 4 is 5.69 Å². The summed E-state index contributed by atoms with van der Waals surface area (Å²) in [5, 5.41) is 14.7. The molecule has 21 heavy (non-hydrogen) atoms. The number of aromatic nitrogens is 3. The maximum atomic E-state index is 10.8. The number of nitro benzene ring substituents is 1. The molecule has 1 aromatic carbocycles. The molecule has 0 aliphatic heterocycles. The van der Waals surface area contributed by atoms with Crippen LogP contribution in [0.1, 0.15) is 5.56 Å². The van der Waals surface area contributed by atoms with E-state index in [1.54, 1.807) is 18.3 Å². The lowest BCUT2D eigenvalue weighted by atomic mass is 10.2. The molecule has 2 heterocycles. The first-order chi connectivity index (χ1) is 10.1. The minimum atomic E-state index is -0.469. The molecule has 2 aromatic heterocycles. The molecule has 0 bridgehead atoms. The van der Waals surface area contributed by atoms with E-state index in [2.05, 4.69) is 15.1 Å². The monoisotopic (exact) mass is 282 g/mol. The Bertz CT molecular complexity index is 813. The van der Waals surface area contributed by atoms with Gasteiger partial charge in [-0.15, -0.1) is 0 Å². The van der Waals surface area contributed by atoms with Crippen LogP contribution in [0.2, 0.25) is 0 Å². The normalized spacial score (nSPS) is 10.5. The van der Waals surface area contributed by atoms with Crippen LogP contribution in [0.15, 0.2) is 47.1 Å². The summed E-state index contributed by atoms with van der Waals surface area (Å²) in [6.07, 6.45) is 1.64. The van der Waals surface area contributed by atoms with Gasteiger partial charge in [0.05, 0.1) is 4.92 Å². The van der Waals surface area contributed by atoms with Gasteiger partial charge in [-0.05, 0) is 24.6 Å². The van der Waals surface area contributed by atoms with Gasteiger partial charge in [-0.2, -0.15) is 4.98 Å². The van der Waals surface area contributed by atoms with Crippen molar-refractivity contribution in [2.24, 2.45) is 0 Å². The highest BCUT2D eigenvalue weighted by Gasteiger charge is 2.15. The van der Waals surface area contributed by atoms with Crippen LogP contribution in [-0.2, 0) is 0 Å². The van der Waals surface area contributed by atoms with Crippen molar-refractivity contribution in [3.63, 3.8) is 0 Å². The molecule has 0 atom stereocenters. The summed E-state index contributed by atoms with van der Waals surface area (Å²) < 4.78 is 5.17. The van der Waals surface area contributed by atoms with E-state index in [9.17, 15) is 10.1 Å². The van der Waals surface area contributed by atoms with Crippen LogP contribution in [0, 0.1) is 17.0 Å². The number of non-ortho nitro benzene ring substituents is 1. The lowest BCUT2D eigenvalue weighted by molar-refractivity contribution is -0.384. The number of pyridine rings is 1. The third-order valence-electron chi connectivity index (χ3n) is 2.95. The van der Waals surface area contributed by atoms with Gasteiger partial charge in [-0.3, -0.25) is 15.1 Å². The Morgan fingerprint density at radius 3 is 2.86 bits per heavy atom. The first-order valence-corrected chi connectivity index (χ1v) is 6.15. The standard InChI is InChI=1S/C14H10N4O3/c1-9-4-3-7-15-12(9)13-16-14(21-17-13)10-5-2-6-11(8-10)18(19)20/h2-8H,1H3. The van der Waals surface area contributed by atoms with E-state index in [-0.39, 0.29) is 11.6 Å². The van der Waals surface area contributed by atoms with Gasteiger partial charge >= 0.3 is 0 Å². The van der Waals surface area contributed by atoms with Gasteiger partial charge < -0.3 is 4.52 Å². The second kappa shape index (κ2) is 5.12. The third-order valence-corrected chi connectivity index (χ3v) is 2.95. The van der Waals surface area contributed by atoms with Crippen LogP contribution >= 0.6 is 0 Å². The summed E-state index contributed by atoms with van der Waals surface area (Å²) in [6, 6.07) is 9.76. The average Bonchev–Trinajstić information content (AvgIpc) is 2.97. The summed E-state index contributed by atoms with van der Waals surface area (Å²) in [7, 11) is 0. The van der Waals surface area contributed by atoms with Gasteiger partial charge in [-0.1, -0.05) is 17.3 Å². The molecule has 0 aliphatic carbocycles. The molecule has 0 spiro atoms. The highest BCUT2D eigenvalue weighted by molar-refractivity contribution is 5.61. The van der Waals surface area contributed by atoms with Gasteiger partial charge in [0.25, 0.3) is 11.6 Å². The van der Waals surface area contributed by atoms with Crippen molar-refractivity contribution < 1.29 is 9.45 Å². The molecule has 0 fully saturated rings. The Balaban J connectivity index is 2.01. The SMILES string of the molecule is Cc1cccnc1-c1noc(-c2cccc([N+](=O)[O-])c2)n1. The molecular weight excluding hydrogens is 272 g/mol. The van der Waals surface area contributed by atoms with E-state index >= 15 is 0 Å². The molecule has 0 amide bonds. The van der Waals surface area contributed by atoms with E-state index in [1.165, 1.54) is 12.1 Å². The average molecular weight is 282 g/mol. The van der Waals surface area contributed by atoms with Crippen LogP contribution in [0.5, 0.6) is 0 Å². The summed E-state index contributed by atoms with van der Waals surface area (Å²) in [6.45, 7) is 1.89. The smallest absolute Gasteiger partial charge is 0.270 e. The van der Waals surface area contributed by atoms with Gasteiger partial charge in [0.1, 0.15) is 5.69 Å². The molecule has 0 unspecified atom stereocenters. The van der Waals surface area contributed by atoms with E-state index in [0.29, 0.717) is 17.1 Å². The molecule has 0 saturated heterocycles. The summed E-state index contributed by atoms with van der Waals surface area (Å²) in [5.74, 6) is 0.577. The molecule has 0 N–H and O–H groups in total. The van der Waals surface area contributed by atoms with Crippen LogP contribution in [0.4, 0.5) is 5.69 Å². The third kappa shape index (κ3) is 2.48. The topological polar surface area (TPSA) is 95.0 Å². The lowest BCUT2D eigenvalue weighted by Crippen LogP contribution is -1.90. The summed E-state index contributed by atoms with van der Waals surface area (Å²) >= 11 is 0. The number of hydrogen-bond acceptors (Lipinski definition) is 6. The van der Waals surface area contributed by atoms with Crippen LogP contribution < -0.4 is 0 Å². The number of aryl methyl sites for hydroxylation is 1. The molecule has 104 valence electrons. The van der Waals surface area contributed by atoms with Crippen molar-refractivity contribution in [2.75, 3.05) is 0 Å². The molecule has 0 saturated carbocycles. The second-order valence-electron chi connectivity index (χ2n) is 4.40. The van der Waals surface area contributed by atoms with Crippen LogP contribution in [-0.4, -0.2) is 20.0 Å². The first-order valence-electron chi connectivity index (χ1n) is 6.15. The van der Waals surface area contributed by atoms with Crippen molar-refractivity contribution in [3.8, 4) is 23.0 Å². The second-order valence-corrected chi connectivity index (χ2v) is 4.40. The Morgan fingerprint density at radius 1 is 1.24 bits per heavy atom. The number of rotatable bonds is 3. The van der Waals surface area contributed by atoms with Crippen LogP contribution in [0.3, 0.4) is 0 Å². The Hall–Kier alpha value is -3.09. The zero-order valence-electron chi connectivity index (χ0n) is 11.1. The highest BCUT2D eigenvalue weighted by atomic mass is 16.6. The predicted octanol–water partition coefficient (Wildman–Crippen LogP) is 3.02. The quantitative estimate of drug-likeness (QED) is 0.541. The van der Waals surface area contributed by atoms with E-state index in [1.807, 2.05) is 19.1 Å². The Morgan fingerprint density at radius 2 is 2.10 bits per heavy atom. The zero-order chi connectivity index (χ0) is 14.8. The molecule has 3 aromatic rings. The molecular formula is C14H10N4O3. The van der Waals surface area contributed by atoms with E-state index in [0.717, 1.165) is 5.56 Å². The van der Waals surface area contributed by atoms with Crippen molar-refractivity contribution in [3.05, 3.63) is 58.3 Å². The number of hydrogen-bond donors (Lipinski definition) is 0. The Kier molecular flexibility index (Phi) is 3.15. The summed E-state index contributed by atoms with van der Waals surface area (Å²) in [4.78, 5) is 18.8. The van der Waals surface area contributed by atoms with Crippen molar-refractivity contribution in [2.45, 2.75) is 6.92 Å². The number of nitro groups is 1. The fraction of sp³-hybridized carbons (Fsp3) is 0.0714. The fourth-order valence-electron chi connectivity index (χ4n) is 1.91. The molecule has 7 nitrogen and oxygen atoms in total. The summed E-state index contributed by atoms with van der Waals surface area (Å²) in [5.41, 5.74) is 2.01. The van der Waals surface area contributed by atoms with Crippen LogP contribution in [0.25, 0.3) is 23.0 Å². The lowest BCUT2D eigenvalue weighted by Gasteiger charge is -1.97. The van der Waals surface area contributed by atoms with E-state index < -0.39 is 4.92 Å². The number of benzene rings is 1. The van der Waals surface area contributed by atoms with Crippen molar-refractivity contribution in [1.82, 2.24) is 15.1 Å².